The fourth-order valence-corrected chi connectivity index (χ4v) is 1.89. The van der Waals surface area contributed by atoms with Gasteiger partial charge in [-0.15, -0.1) is 0 Å². The molecule has 72 valence electrons. The van der Waals surface area contributed by atoms with Crippen LogP contribution in [-0.4, -0.2) is 36.1 Å². The summed E-state index contributed by atoms with van der Waals surface area (Å²) in [4.78, 5) is 10.6. The van der Waals surface area contributed by atoms with Gasteiger partial charge in [-0.05, 0) is 12.7 Å². The first-order chi connectivity index (χ1) is 5.37. The number of carbonyl (C=O) groups excluding carboxylic acids is 1. The first-order valence-electron chi connectivity index (χ1n) is 3.12. The average molecular weight is 235 g/mol. The third-order valence-electron chi connectivity index (χ3n) is 1.23. The van der Waals surface area contributed by atoms with Gasteiger partial charge in [0.25, 0.3) is 0 Å². The van der Waals surface area contributed by atoms with Gasteiger partial charge in [0.15, 0.2) is 0 Å². The van der Waals surface area contributed by atoms with Gasteiger partial charge in [0.05, 0.1) is 15.4 Å². The van der Waals surface area contributed by atoms with Crippen LogP contribution in [0.15, 0.2) is 0 Å². The minimum atomic E-state index is -4.23. The molecule has 0 radical (unpaired) electrons. The zero-order chi connectivity index (χ0) is 9.78. The summed E-state index contributed by atoms with van der Waals surface area (Å²) in [7, 11) is -4.23. The maximum absolute atomic E-state index is 10.6. The Bertz CT molecular complexity index is 253. The van der Waals surface area contributed by atoms with E-state index in [-0.39, 0.29) is 36.0 Å². The van der Waals surface area contributed by atoms with E-state index < -0.39 is 27.0 Å². The standard InChI is InChI=1S/C5H11NO4S2.Na/c1-11-4(5(6)7)2-3-12(8,9)10;/h4H,2-3H2,1H3,(H2,6,7)(H,8,9,10);/q;+1/p-1. The van der Waals surface area contributed by atoms with Crippen molar-refractivity contribution in [1.82, 2.24) is 0 Å². The zero-order valence-electron chi connectivity index (χ0n) is 7.52. The van der Waals surface area contributed by atoms with Crippen LogP contribution in [0.2, 0.25) is 0 Å². The second-order valence-electron chi connectivity index (χ2n) is 2.18. The summed E-state index contributed by atoms with van der Waals surface area (Å²) in [6.45, 7) is 0. The van der Waals surface area contributed by atoms with Crippen LogP contribution in [-0.2, 0) is 14.9 Å². The molecule has 0 saturated carbocycles. The van der Waals surface area contributed by atoms with Crippen molar-refractivity contribution in [3.63, 3.8) is 0 Å². The maximum atomic E-state index is 10.6. The van der Waals surface area contributed by atoms with Gasteiger partial charge in [-0.3, -0.25) is 4.79 Å². The zero-order valence-corrected chi connectivity index (χ0v) is 11.2. The van der Waals surface area contributed by atoms with Crippen LogP contribution in [0.5, 0.6) is 0 Å². The van der Waals surface area contributed by atoms with E-state index in [0.717, 1.165) is 11.8 Å². The predicted octanol–water partition coefficient (Wildman–Crippen LogP) is -3.86. The van der Waals surface area contributed by atoms with Crippen LogP contribution >= 0.6 is 11.8 Å². The number of carbonyl (C=O) groups is 1. The number of thioether (sulfide) groups is 1. The molecule has 13 heavy (non-hydrogen) atoms. The fraction of sp³-hybridized carbons (Fsp3) is 0.800. The molecule has 0 aromatic carbocycles. The minimum Gasteiger partial charge on any atom is -0.748 e. The average Bonchev–Trinajstić information content (AvgIpc) is 1.85. The summed E-state index contributed by atoms with van der Waals surface area (Å²) in [5.41, 5.74) is 4.92. The summed E-state index contributed by atoms with van der Waals surface area (Å²) >= 11 is 1.14. The summed E-state index contributed by atoms with van der Waals surface area (Å²) in [5, 5.41) is -0.589. The Balaban J connectivity index is 0. The predicted molar refractivity (Wildman–Crippen MR) is 45.7 cm³/mol. The van der Waals surface area contributed by atoms with E-state index in [9.17, 15) is 17.8 Å². The Morgan fingerprint density at radius 1 is 1.62 bits per heavy atom. The van der Waals surface area contributed by atoms with Gasteiger partial charge in [0.1, 0.15) is 0 Å². The second kappa shape index (κ2) is 7.08. The Labute approximate surface area is 104 Å². The Morgan fingerprint density at radius 3 is 2.31 bits per heavy atom. The summed E-state index contributed by atoms with van der Waals surface area (Å²) in [5.74, 6) is -1.13. The summed E-state index contributed by atoms with van der Waals surface area (Å²) in [6.07, 6.45) is 1.62. The number of amides is 1. The van der Waals surface area contributed by atoms with Gasteiger partial charge < -0.3 is 10.3 Å². The van der Waals surface area contributed by atoms with Crippen molar-refractivity contribution in [1.29, 1.82) is 0 Å². The number of nitrogens with two attached hydrogens (primary N) is 1. The smallest absolute Gasteiger partial charge is 0.748 e. The number of rotatable bonds is 5. The third-order valence-corrected chi connectivity index (χ3v) is 3.00. The van der Waals surface area contributed by atoms with Gasteiger partial charge in [-0.2, -0.15) is 11.8 Å². The molecule has 8 heteroatoms. The van der Waals surface area contributed by atoms with Crippen molar-refractivity contribution in [3.05, 3.63) is 0 Å². The Morgan fingerprint density at radius 2 is 2.08 bits per heavy atom. The number of hydrogen-bond donors (Lipinski definition) is 1. The van der Waals surface area contributed by atoms with Gasteiger partial charge in [-0.1, -0.05) is 0 Å². The van der Waals surface area contributed by atoms with E-state index >= 15 is 0 Å². The van der Waals surface area contributed by atoms with Crippen LogP contribution in [0.1, 0.15) is 6.42 Å². The van der Waals surface area contributed by atoms with Gasteiger partial charge in [0.2, 0.25) is 5.91 Å². The summed E-state index contributed by atoms with van der Waals surface area (Å²) < 4.78 is 30.5. The topological polar surface area (TPSA) is 100 Å². The van der Waals surface area contributed by atoms with Crippen molar-refractivity contribution in [3.8, 4) is 0 Å². The normalized spacial score (nSPS) is 13.1. The molecule has 1 unspecified atom stereocenters. The van der Waals surface area contributed by atoms with E-state index in [1.54, 1.807) is 6.26 Å². The number of primary amides is 1. The molecule has 0 heterocycles. The molecule has 0 aromatic heterocycles. The number of hydrogen-bond acceptors (Lipinski definition) is 5. The Hall–Kier alpha value is 0.730. The van der Waals surface area contributed by atoms with E-state index in [1.165, 1.54) is 0 Å². The molecule has 0 spiro atoms. The third kappa shape index (κ3) is 9.04. The molecule has 0 aromatic rings. The largest absolute Gasteiger partial charge is 1.00 e. The molecule has 0 aliphatic carbocycles. The van der Waals surface area contributed by atoms with Crippen molar-refractivity contribution in [2.75, 3.05) is 12.0 Å². The van der Waals surface area contributed by atoms with E-state index in [1.807, 2.05) is 0 Å². The molecule has 0 bridgehead atoms. The molecule has 2 N–H and O–H groups in total. The molecule has 0 saturated heterocycles. The van der Waals surface area contributed by atoms with Crippen LogP contribution in [0, 0.1) is 0 Å². The maximum Gasteiger partial charge on any atom is 1.00 e. The fourth-order valence-electron chi connectivity index (χ4n) is 0.628. The molecular weight excluding hydrogens is 225 g/mol. The van der Waals surface area contributed by atoms with Gasteiger partial charge >= 0.3 is 29.6 Å². The quantitative estimate of drug-likeness (QED) is 0.388. The van der Waals surface area contributed by atoms with Crippen molar-refractivity contribution in [2.24, 2.45) is 5.73 Å². The molecule has 0 fully saturated rings. The van der Waals surface area contributed by atoms with Crippen LogP contribution in [0.4, 0.5) is 0 Å². The SMILES string of the molecule is CSC(CCS(=O)(=O)[O-])C(N)=O.[Na+]. The van der Waals surface area contributed by atoms with E-state index in [2.05, 4.69) is 0 Å². The molecule has 5 nitrogen and oxygen atoms in total. The molecule has 0 aliphatic heterocycles. The first kappa shape index (κ1) is 16.2. The van der Waals surface area contributed by atoms with E-state index in [4.69, 9.17) is 5.73 Å². The molecular formula is C5H10NNaO4S2. The van der Waals surface area contributed by atoms with Gasteiger partial charge in [0, 0.05) is 5.75 Å². The van der Waals surface area contributed by atoms with E-state index in [0.29, 0.717) is 0 Å². The monoisotopic (exact) mass is 235 g/mol. The van der Waals surface area contributed by atoms with Crippen molar-refractivity contribution in [2.45, 2.75) is 11.7 Å². The second-order valence-corrected chi connectivity index (χ2v) is 4.74. The van der Waals surface area contributed by atoms with Crippen molar-refractivity contribution < 1.29 is 47.3 Å². The van der Waals surface area contributed by atoms with Crippen molar-refractivity contribution >= 4 is 27.8 Å². The minimum absolute atomic E-state index is 0. The first-order valence-corrected chi connectivity index (χ1v) is 5.99. The van der Waals surface area contributed by atoms with Crippen LogP contribution in [0.3, 0.4) is 0 Å². The molecule has 1 amide bonds. The van der Waals surface area contributed by atoms with Gasteiger partial charge in [-0.25, -0.2) is 8.42 Å². The molecule has 0 aliphatic rings. The van der Waals surface area contributed by atoms with Crippen LogP contribution < -0.4 is 35.3 Å². The molecule has 0 rings (SSSR count). The molecule has 1 atom stereocenters. The van der Waals surface area contributed by atoms with Crippen LogP contribution in [0.25, 0.3) is 0 Å². The Kier molecular flexibility index (Phi) is 8.81. The summed E-state index contributed by atoms with van der Waals surface area (Å²) in [6, 6.07) is 0.